The van der Waals surface area contributed by atoms with Gasteiger partial charge in [-0.2, -0.15) is 5.10 Å². The summed E-state index contributed by atoms with van der Waals surface area (Å²) in [6.07, 6.45) is 0.430. The summed E-state index contributed by atoms with van der Waals surface area (Å²) >= 11 is 0. The van der Waals surface area contributed by atoms with Crippen LogP contribution in [-0.4, -0.2) is 39.6 Å². The predicted molar refractivity (Wildman–Crippen MR) is 141 cm³/mol. The zero-order valence-electron chi connectivity index (χ0n) is 21.8. The highest BCUT2D eigenvalue weighted by atomic mass is 19.3. The minimum Gasteiger partial charge on any atom is -0.674 e. The van der Waals surface area contributed by atoms with Crippen LogP contribution in [0.2, 0.25) is 0 Å². The largest absolute Gasteiger partial charge is 0.674 e. The van der Waals surface area contributed by atoms with Gasteiger partial charge in [-0.3, -0.25) is 9.48 Å². The molecule has 0 radical (unpaired) electrons. The van der Waals surface area contributed by atoms with Gasteiger partial charge in [-0.25, -0.2) is 18.0 Å². The van der Waals surface area contributed by atoms with Gasteiger partial charge in [-0.05, 0) is 34.9 Å². The third-order valence-corrected chi connectivity index (χ3v) is 5.84. The average Bonchev–Trinajstić information content (AvgIpc) is 3.33. The second-order valence-electron chi connectivity index (χ2n) is 8.53. The number of alkyl halides is 2. The van der Waals surface area contributed by atoms with E-state index in [1.54, 1.807) is 21.5 Å². The minimum absolute atomic E-state index is 0.0417. The quantitative estimate of drug-likeness (QED) is 0.282. The highest BCUT2D eigenvalue weighted by molar-refractivity contribution is 5.88. The second-order valence-corrected chi connectivity index (χ2v) is 8.53. The molecule has 4 aromatic rings. The molecule has 0 aliphatic heterocycles. The molecular formula is C28H28F3N4O5-. The summed E-state index contributed by atoms with van der Waals surface area (Å²) in [5.41, 5.74) is 8.63. The molecule has 0 saturated heterocycles. The van der Waals surface area contributed by atoms with Gasteiger partial charge in [0.2, 0.25) is 0 Å². The molecule has 0 atom stereocenters. The lowest BCUT2D eigenvalue weighted by Crippen LogP contribution is -2.18. The van der Waals surface area contributed by atoms with Crippen LogP contribution in [0, 0.1) is 5.82 Å². The zero-order valence-corrected chi connectivity index (χ0v) is 21.8. The van der Waals surface area contributed by atoms with Crippen molar-refractivity contribution in [2.75, 3.05) is 14.2 Å². The van der Waals surface area contributed by atoms with Gasteiger partial charge < -0.3 is 24.9 Å². The van der Waals surface area contributed by atoms with Gasteiger partial charge in [0, 0.05) is 25.6 Å². The first-order chi connectivity index (χ1) is 19.2. The molecule has 0 fully saturated rings. The maximum atomic E-state index is 13.0. The number of carboxylic acids is 1. The Bertz CT molecular complexity index is 1490. The fourth-order valence-corrected chi connectivity index (χ4v) is 3.90. The van der Waals surface area contributed by atoms with Crippen molar-refractivity contribution in [2.45, 2.75) is 32.7 Å². The fourth-order valence-electron chi connectivity index (χ4n) is 3.90. The van der Waals surface area contributed by atoms with E-state index in [2.05, 4.69) is 9.84 Å². The third-order valence-electron chi connectivity index (χ3n) is 5.84. The Kier molecular flexibility index (Phi) is 10.6. The van der Waals surface area contributed by atoms with Crippen molar-refractivity contribution in [3.8, 4) is 5.75 Å². The Morgan fingerprint density at radius 2 is 1.73 bits per heavy atom. The van der Waals surface area contributed by atoms with Crippen LogP contribution in [0.15, 0.2) is 71.8 Å². The van der Waals surface area contributed by atoms with Crippen molar-refractivity contribution in [3.63, 3.8) is 0 Å². The van der Waals surface area contributed by atoms with Crippen molar-refractivity contribution in [1.29, 1.82) is 0 Å². The van der Waals surface area contributed by atoms with Gasteiger partial charge in [0.25, 0.3) is 12.0 Å². The van der Waals surface area contributed by atoms with Crippen LogP contribution in [0.1, 0.15) is 44.7 Å². The SMILES string of the molecule is COCc1nn(Cc2ccc(Cn3ccccc3=O)cc2)cc1C(=O)O.COc1ccc(F)c(C[NH-])c1C(F)F. The minimum atomic E-state index is -2.83. The summed E-state index contributed by atoms with van der Waals surface area (Å²) < 4.78 is 50.9. The van der Waals surface area contributed by atoms with Crippen LogP contribution >= 0.6 is 0 Å². The van der Waals surface area contributed by atoms with Gasteiger partial charge in [0.05, 0.1) is 32.4 Å². The number of pyridine rings is 1. The first kappa shape index (κ1) is 30.1. The number of ether oxygens (including phenoxy) is 2. The van der Waals surface area contributed by atoms with E-state index in [9.17, 15) is 27.9 Å². The highest BCUT2D eigenvalue weighted by Crippen LogP contribution is 2.33. The number of benzene rings is 2. The summed E-state index contributed by atoms with van der Waals surface area (Å²) in [6.45, 7) is 0.584. The Morgan fingerprint density at radius 1 is 1.05 bits per heavy atom. The second kappa shape index (κ2) is 14.1. The van der Waals surface area contributed by atoms with Gasteiger partial charge in [0.15, 0.2) is 0 Å². The molecule has 0 bridgehead atoms. The number of hydrogen-bond donors (Lipinski definition) is 1. The average molecular weight is 558 g/mol. The summed E-state index contributed by atoms with van der Waals surface area (Å²) in [7, 11) is 2.73. The monoisotopic (exact) mass is 557 g/mol. The number of carboxylic acid groups (broad SMARTS) is 1. The molecule has 4 rings (SSSR count). The Labute approximate surface area is 228 Å². The number of carbonyl (C=O) groups is 1. The van der Waals surface area contributed by atoms with Crippen LogP contribution in [0.5, 0.6) is 5.75 Å². The van der Waals surface area contributed by atoms with Crippen LogP contribution in [0.25, 0.3) is 5.73 Å². The Morgan fingerprint density at radius 3 is 2.27 bits per heavy atom. The summed E-state index contributed by atoms with van der Waals surface area (Å²) in [5, 5.41) is 13.5. The summed E-state index contributed by atoms with van der Waals surface area (Å²) in [4.78, 5) is 23.0. The lowest BCUT2D eigenvalue weighted by molar-refractivity contribution is 0.0691. The summed E-state index contributed by atoms with van der Waals surface area (Å²) in [5.74, 6) is -1.90. The molecular weight excluding hydrogens is 529 g/mol. The molecule has 9 nitrogen and oxygen atoms in total. The molecule has 40 heavy (non-hydrogen) atoms. The molecule has 0 unspecified atom stereocenters. The van der Waals surface area contributed by atoms with E-state index < -0.39 is 30.3 Å². The van der Waals surface area contributed by atoms with Crippen LogP contribution in [-0.2, 0) is 31.0 Å². The van der Waals surface area contributed by atoms with E-state index in [0.29, 0.717) is 18.8 Å². The molecule has 212 valence electrons. The van der Waals surface area contributed by atoms with E-state index in [0.717, 1.165) is 23.3 Å². The van der Waals surface area contributed by atoms with E-state index in [4.69, 9.17) is 10.5 Å². The first-order valence-electron chi connectivity index (χ1n) is 12.0. The Hall–Kier alpha value is -4.42. The topological polar surface area (TPSA) is 119 Å². The molecule has 2 N–H and O–H groups in total. The lowest BCUT2D eigenvalue weighted by Gasteiger charge is -2.15. The number of halogens is 3. The first-order valence-corrected chi connectivity index (χ1v) is 12.0. The smallest absolute Gasteiger partial charge is 0.339 e. The molecule has 2 aromatic heterocycles. The number of rotatable bonds is 10. The number of methoxy groups -OCH3 is 2. The number of hydrogen-bond acceptors (Lipinski definition) is 5. The third kappa shape index (κ3) is 7.58. The van der Waals surface area contributed by atoms with Crippen LogP contribution in [0.3, 0.4) is 0 Å². The fraction of sp³-hybridized carbons (Fsp3) is 0.250. The molecule has 0 saturated carbocycles. The summed E-state index contributed by atoms with van der Waals surface area (Å²) in [6, 6.07) is 15.0. The highest BCUT2D eigenvalue weighted by Gasteiger charge is 2.19. The molecule has 2 heterocycles. The van der Waals surface area contributed by atoms with Crippen LogP contribution in [0.4, 0.5) is 13.2 Å². The van der Waals surface area contributed by atoms with Gasteiger partial charge >= 0.3 is 5.97 Å². The molecule has 0 spiro atoms. The van der Waals surface area contributed by atoms with E-state index >= 15 is 0 Å². The van der Waals surface area contributed by atoms with Crippen molar-refractivity contribution in [3.05, 3.63) is 122 Å². The molecule has 2 aromatic carbocycles. The zero-order chi connectivity index (χ0) is 29.2. The lowest BCUT2D eigenvalue weighted by atomic mass is 10.1. The molecule has 12 heteroatoms. The molecule has 0 amide bonds. The maximum absolute atomic E-state index is 13.0. The number of nitrogens with one attached hydrogen (secondary N) is 1. The van der Waals surface area contributed by atoms with E-state index in [1.807, 2.05) is 30.3 Å². The van der Waals surface area contributed by atoms with E-state index in [-0.39, 0.29) is 29.0 Å². The molecule has 0 aliphatic rings. The maximum Gasteiger partial charge on any atom is 0.339 e. The standard InChI is InChI=1S/C19H19N3O4.C9H9F3NO/c1-26-13-17-16(19(24)25)12-22(20-17)11-15-7-5-14(6-8-15)10-21-9-3-2-4-18(21)23;1-14-7-3-2-6(10)5(4-13)8(7)9(11)12/h2-9,12H,10-11,13H2,1H3,(H,24,25);2-3,9,13H,4H2,1H3/q;-1. The van der Waals surface area contributed by atoms with Crippen molar-refractivity contribution in [2.24, 2.45) is 0 Å². The number of aromatic carboxylic acids is 1. The van der Waals surface area contributed by atoms with Gasteiger partial charge in [-0.1, -0.05) is 30.3 Å². The van der Waals surface area contributed by atoms with Crippen molar-refractivity contribution in [1.82, 2.24) is 14.3 Å². The van der Waals surface area contributed by atoms with E-state index in [1.165, 1.54) is 26.5 Å². The predicted octanol–water partition coefficient (Wildman–Crippen LogP) is 5.31. The van der Waals surface area contributed by atoms with Crippen LogP contribution < -0.4 is 10.3 Å². The van der Waals surface area contributed by atoms with Crippen molar-refractivity contribution >= 4 is 5.97 Å². The van der Waals surface area contributed by atoms with Gasteiger partial charge in [0.1, 0.15) is 22.8 Å². The molecule has 0 aliphatic carbocycles. The Balaban J connectivity index is 0.000000267. The van der Waals surface area contributed by atoms with Crippen molar-refractivity contribution < 1.29 is 32.5 Å². The van der Waals surface area contributed by atoms with Gasteiger partial charge in [-0.15, -0.1) is 6.54 Å². The number of nitrogens with zero attached hydrogens (tertiary/aromatic N) is 3. The normalized spacial score (nSPS) is 10.8. The number of aromatic nitrogens is 3.